The van der Waals surface area contributed by atoms with E-state index in [1.165, 1.54) is 0 Å². The summed E-state index contributed by atoms with van der Waals surface area (Å²) in [6.45, 7) is 3.87. The van der Waals surface area contributed by atoms with Gasteiger partial charge in [0.05, 0.1) is 0 Å². The van der Waals surface area contributed by atoms with E-state index < -0.39 is 0 Å². The van der Waals surface area contributed by atoms with Crippen LogP contribution in [-0.2, 0) is 9.22 Å². The molecule has 0 atom stereocenters. The number of carbonyl (C=O) groups is 1. The van der Waals surface area contributed by atoms with E-state index in [9.17, 15) is 4.79 Å². The molecule has 0 fully saturated rings. The van der Waals surface area contributed by atoms with Crippen molar-refractivity contribution < 1.29 is 9.22 Å². The van der Waals surface area contributed by atoms with Crippen molar-refractivity contribution in [3.05, 3.63) is 11.6 Å². The summed E-state index contributed by atoms with van der Waals surface area (Å²) in [4.78, 5) is 10.8. The van der Waals surface area contributed by atoms with Gasteiger partial charge in [-0.15, -0.1) is 0 Å². The Kier molecular flexibility index (Phi) is 4.93. The van der Waals surface area contributed by atoms with Gasteiger partial charge in [-0.1, -0.05) is 19.4 Å². The van der Waals surface area contributed by atoms with Gasteiger partial charge in [0.15, 0.2) is 0 Å². The largest absolute Gasteiger partial charge is 0.526 e. The average Bonchev–Trinajstić information content (AvgIpc) is 1.98. The summed E-state index contributed by atoms with van der Waals surface area (Å²) < 4.78 is 4.64. The number of allylic oxidation sites excluding steroid dienone is 1. The number of hydrogen-bond acceptors (Lipinski definition) is 2. The van der Waals surface area contributed by atoms with Crippen molar-refractivity contribution in [3.8, 4) is 0 Å². The number of hydrogen-bond donors (Lipinski definition) is 0. The molecule has 0 amide bonds. The zero-order valence-corrected chi connectivity index (χ0v) is 8.81. The maximum atomic E-state index is 10.8. The fraction of sp³-hybridized carbons (Fsp3) is 0.571. The molecule has 0 aliphatic heterocycles. The van der Waals surface area contributed by atoms with Crippen molar-refractivity contribution >= 4 is 16.5 Å². The van der Waals surface area contributed by atoms with E-state index in [1.807, 2.05) is 6.08 Å². The van der Waals surface area contributed by atoms with E-state index in [2.05, 4.69) is 11.3 Å². The third kappa shape index (κ3) is 3.45. The zero-order chi connectivity index (χ0) is 7.98. The summed E-state index contributed by atoms with van der Waals surface area (Å²) in [6.07, 6.45) is 3.95. The molecule has 0 bridgehead atoms. The van der Waals surface area contributed by atoms with Crippen LogP contribution in [0.4, 0.5) is 0 Å². The predicted octanol–water partition coefficient (Wildman–Crippen LogP) is 0.556. The van der Waals surface area contributed by atoms with Crippen LogP contribution in [0.3, 0.4) is 0 Å². The number of unbranched alkanes of at least 4 members (excludes halogenated alkanes) is 1. The second kappa shape index (κ2) is 5.23. The first-order valence-corrected chi connectivity index (χ1v) is 4.29. The lowest BCUT2D eigenvalue weighted by molar-refractivity contribution is -0.129. The van der Waals surface area contributed by atoms with Crippen LogP contribution in [0.2, 0.25) is 0 Å². The third-order valence-electron chi connectivity index (χ3n) is 1.25. The molecule has 2 nitrogen and oxygen atoms in total. The minimum absolute atomic E-state index is 0.167. The second-order valence-electron chi connectivity index (χ2n) is 2.17. The molecule has 58 valence electrons. The quantitative estimate of drug-likeness (QED) is 0.443. The van der Waals surface area contributed by atoms with Crippen LogP contribution in [0.1, 0.15) is 26.7 Å². The highest BCUT2D eigenvalue weighted by Crippen LogP contribution is 1.98. The van der Waals surface area contributed by atoms with Gasteiger partial charge in [-0.2, -0.15) is 0 Å². The predicted molar refractivity (Wildman–Crippen MR) is 44.7 cm³/mol. The molecule has 0 unspecified atom stereocenters. The van der Waals surface area contributed by atoms with Gasteiger partial charge in [0.2, 0.25) is 10.5 Å². The van der Waals surface area contributed by atoms with E-state index in [4.69, 9.17) is 0 Å². The molecule has 3 heteroatoms. The first-order chi connectivity index (χ1) is 4.72. The highest BCUT2D eigenvalue weighted by Gasteiger charge is 1.99. The Labute approximate surface area is 64.8 Å². The Morgan fingerprint density at radius 2 is 2.30 bits per heavy atom. The van der Waals surface area contributed by atoms with Crippen molar-refractivity contribution in [2.75, 3.05) is 0 Å². The normalized spacial score (nSPS) is 11.6. The molecule has 10 heavy (non-hydrogen) atoms. The topological polar surface area (TPSA) is 26.3 Å². The van der Waals surface area contributed by atoms with E-state index in [-0.39, 0.29) is 5.97 Å². The fourth-order valence-electron chi connectivity index (χ4n) is 0.605. The van der Waals surface area contributed by atoms with Crippen molar-refractivity contribution in [1.82, 2.24) is 0 Å². The van der Waals surface area contributed by atoms with Gasteiger partial charge >= 0.3 is 5.97 Å². The molecule has 0 N–H and O–H groups in total. The van der Waals surface area contributed by atoms with Crippen LogP contribution in [0.15, 0.2) is 11.6 Å². The molecule has 0 heterocycles. The first kappa shape index (κ1) is 9.43. The maximum absolute atomic E-state index is 10.8. The summed E-state index contributed by atoms with van der Waals surface area (Å²) in [5, 5.41) is 0. The Morgan fingerprint density at radius 1 is 1.70 bits per heavy atom. The molecule has 0 aliphatic carbocycles. The molecular weight excluding hydrogens is 144 g/mol. The molecule has 0 saturated carbocycles. The number of carbonyl (C=O) groups excluding carboxylic acids is 1. The van der Waals surface area contributed by atoms with Gasteiger partial charge in [0.1, 0.15) is 0 Å². The lowest BCUT2D eigenvalue weighted by Gasteiger charge is -1.97. The van der Waals surface area contributed by atoms with Crippen molar-refractivity contribution in [2.45, 2.75) is 26.7 Å². The van der Waals surface area contributed by atoms with Crippen LogP contribution in [0, 0.1) is 0 Å². The highest BCUT2D eigenvalue weighted by molar-refractivity contribution is 6.09. The van der Waals surface area contributed by atoms with Crippen molar-refractivity contribution in [3.63, 3.8) is 0 Å². The SMILES string of the molecule is CCC/C=C(\C)C(=O)O[SiH3]. The molecule has 0 aromatic carbocycles. The van der Waals surface area contributed by atoms with Crippen LogP contribution < -0.4 is 0 Å². The van der Waals surface area contributed by atoms with Gasteiger partial charge in [-0.25, -0.2) is 4.79 Å². The minimum Gasteiger partial charge on any atom is -0.526 e. The van der Waals surface area contributed by atoms with Crippen molar-refractivity contribution in [2.24, 2.45) is 0 Å². The van der Waals surface area contributed by atoms with Crippen molar-refractivity contribution in [1.29, 1.82) is 0 Å². The van der Waals surface area contributed by atoms with Gasteiger partial charge in [0.25, 0.3) is 0 Å². The molecule has 0 aromatic rings. The maximum Gasteiger partial charge on any atom is 0.319 e. The van der Waals surface area contributed by atoms with Crippen LogP contribution >= 0.6 is 0 Å². The first-order valence-electron chi connectivity index (χ1n) is 3.47. The van der Waals surface area contributed by atoms with Crippen LogP contribution in [-0.4, -0.2) is 16.5 Å². The van der Waals surface area contributed by atoms with Crippen LogP contribution in [0.25, 0.3) is 0 Å². The van der Waals surface area contributed by atoms with E-state index in [0.29, 0.717) is 10.5 Å². The van der Waals surface area contributed by atoms with E-state index in [1.54, 1.807) is 6.92 Å². The minimum atomic E-state index is -0.167. The summed E-state index contributed by atoms with van der Waals surface area (Å²) in [6, 6.07) is 0. The molecule has 0 spiro atoms. The van der Waals surface area contributed by atoms with Gasteiger partial charge < -0.3 is 4.43 Å². The van der Waals surface area contributed by atoms with E-state index in [0.717, 1.165) is 18.4 Å². The second-order valence-corrected chi connectivity index (χ2v) is 2.58. The summed E-state index contributed by atoms with van der Waals surface area (Å²) >= 11 is 0. The third-order valence-corrected chi connectivity index (χ3v) is 1.62. The van der Waals surface area contributed by atoms with Gasteiger partial charge in [-0.3, -0.25) is 0 Å². The molecule has 0 aromatic heterocycles. The average molecular weight is 158 g/mol. The molecular formula is C7H14O2Si. The van der Waals surface area contributed by atoms with Gasteiger partial charge in [0, 0.05) is 5.57 Å². The smallest absolute Gasteiger partial charge is 0.319 e. The highest BCUT2D eigenvalue weighted by atomic mass is 28.2. The lowest BCUT2D eigenvalue weighted by Crippen LogP contribution is -2.02. The fourth-order valence-corrected chi connectivity index (χ4v) is 0.927. The monoisotopic (exact) mass is 158 g/mol. The Hall–Kier alpha value is -0.573. The molecule has 0 radical (unpaired) electrons. The molecule has 0 rings (SSSR count). The number of rotatable bonds is 3. The molecule has 0 aliphatic rings. The molecule has 0 saturated heterocycles. The Bertz CT molecular complexity index is 141. The summed E-state index contributed by atoms with van der Waals surface area (Å²) in [5.74, 6) is -0.167. The Morgan fingerprint density at radius 3 is 2.70 bits per heavy atom. The standard InChI is InChI=1S/C7H14O2Si/c1-3-4-5-6(2)7(8)9-10/h5H,3-4H2,1-2,10H3/b6-5+. The summed E-state index contributed by atoms with van der Waals surface area (Å²) in [5.41, 5.74) is 0.733. The summed E-state index contributed by atoms with van der Waals surface area (Å²) in [7, 11) is 0.489. The Balaban J connectivity index is 3.80. The lowest BCUT2D eigenvalue weighted by atomic mass is 10.2. The zero-order valence-electron chi connectivity index (χ0n) is 6.81. The van der Waals surface area contributed by atoms with Crippen LogP contribution in [0.5, 0.6) is 0 Å². The van der Waals surface area contributed by atoms with Gasteiger partial charge in [-0.05, 0) is 13.3 Å². The van der Waals surface area contributed by atoms with E-state index >= 15 is 0 Å².